The fourth-order valence-electron chi connectivity index (χ4n) is 2.92. The monoisotopic (exact) mass is 267 g/mol. The fourth-order valence-corrected chi connectivity index (χ4v) is 2.92. The van der Waals surface area contributed by atoms with Gasteiger partial charge in [0.15, 0.2) is 0 Å². The van der Waals surface area contributed by atoms with Crippen LogP contribution in [-0.2, 0) is 6.42 Å². The second kappa shape index (κ2) is 5.29. The molecule has 0 saturated heterocycles. The van der Waals surface area contributed by atoms with E-state index in [4.69, 9.17) is 0 Å². The van der Waals surface area contributed by atoms with Crippen LogP contribution >= 0.6 is 0 Å². The maximum absolute atomic E-state index is 10.5. The molecule has 0 radical (unpaired) electrons. The number of aliphatic hydroxyl groups excluding tert-OH is 1. The van der Waals surface area contributed by atoms with Crippen LogP contribution in [0.4, 0.5) is 5.69 Å². The number of nitrogens with zero attached hydrogens (tertiary/aromatic N) is 1. The summed E-state index contributed by atoms with van der Waals surface area (Å²) in [4.78, 5) is 2.29. The summed E-state index contributed by atoms with van der Waals surface area (Å²) in [6.07, 6.45) is 1.76. The van der Waals surface area contributed by atoms with Gasteiger partial charge in [-0.15, -0.1) is 0 Å². The first-order valence-corrected chi connectivity index (χ1v) is 7.24. The quantitative estimate of drug-likeness (QED) is 0.900. The van der Waals surface area contributed by atoms with Crippen molar-refractivity contribution < 1.29 is 5.11 Å². The van der Waals surface area contributed by atoms with E-state index in [-0.39, 0.29) is 0 Å². The van der Waals surface area contributed by atoms with E-state index in [0.29, 0.717) is 0 Å². The molecule has 1 unspecified atom stereocenters. The number of aryl methyl sites for hydroxylation is 2. The summed E-state index contributed by atoms with van der Waals surface area (Å²) in [6.45, 7) is 3.18. The molecule has 0 spiro atoms. The van der Waals surface area contributed by atoms with Gasteiger partial charge in [0, 0.05) is 19.3 Å². The van der Waals surface area contributed by atoms with Gasteiger partial charge in [-0.25, -0.2) is 0 Å². The van der Waals surface area contributed by atoms with Crippen molar-refractivity contribution >= 4 is 5.69 Å². The van der Waals surface area contributed by atoms with Crippen molar-refractivity contribution in [1.82, 2.24) is 0 Å². The summed E-state index contributed by atoms with van der Waals surface area (Å²) in [5.41, 5.74) is 5.81. The molecule has 0 bridgehead atoms. The van der Waals surface area contributed by atoms with Crippen LogP contribution in [0.2, 0.25) is 0 Å². The Morgan fingerprint density at radius 2 is 1.75 bits per heavy atom. The number of fused-ring (bicyclic) bond motifs is 1. The van der Waals surface area contributed by atoms with Crippen LogP contribution in [0.15, 0.2) is 42.5 Å². The largest absolute Gasteiger partial charge is 0.384 e. The van der Waals surface area contributed by atoms with Crippen molar-refractivity contribution in [1.29, 1.82) is 0 Å². The predicted molar refractivity (Wildman–Crippen MR) is 83.3 cm³/mol. The van der Waals surface area contributed by atoms with Crippen LogP contribution in [0, 0.1) is 6.92 Å². The van der Waals surface area contributed by atoms with Gasteiger partial charge in [-0.3, -0.25) is 0 Å². The molecule has 2 nitrogen and oxygen atoms in total. The van der Waals surface area contributed by atoms with E-state index in [2.05, 4.69) is 31.0 Å². The second-order valence-electron chi connectivity index (χ2n) is 5.73. The van der Waals surface area contributed by atoms with Gasteiger partial charge in [0.2, 0.25) is 0 Å². The molecule has 3 rings (SSSR count). The summed E-state index contributed by atoms with van der Waals surface area (Å²) in [5.74, 6) is 0. The standard InChI is InChI=1S/C18H21NO/c1-13-5-7-14(8-6-13)18(20)16-9-10-17-15(12-16)4-3-11-19(17)2/h5-10,12,18,20H,3-4,11H2,1-2H3. The third-order valence-electron chi connectivity index (χ3n) is 4.16. The molecule has 104 valence electrons. The van der Waals surface area contributed by atoms with Gasteiger partial charge >= 0.3 is 0 Å². The average Bonchev–Trinajstić information content (AvgIpc) is 2.47. The molecule has 2 aromatic rings. The lowest BCUT2D eigenvalue weighted by molar-refractivity contribution is 0.220. The Morgan fingerprint density at radius 3 is 2.50 bits per heavy atom. The van der Waals surface area contributed by atoms with Crippen molar-refractivity contribution in [3.63, 3.8) is 0 Å². The van der Waals surface area contributed by atoms with E-state index < -0.39 is 6.10 Å². The average molecular weight is 267 g/mol. The molecule has 1 heterocycles. The fraction of sp³-hybridized carbons (Fsp3) is 0.333. The third kappa shape index (κ3) is 2.44. The molecule has 2 heteroatoms. The molecule has 0 saturated carbocycles. The lowest BCUT2D eigenvalue weighted by Gasteiger charge is -2.28. The molecular formula is C18H21NO. The first kappa shape index (κ1) is 13.2. The number of hydrogen-bond acceptors (Lipinski definition) is 2. The molecule has 1 aliphatic heterocycles. The van der Waals surface area contributed by atoms with Gasteiger partial charge < -0.3 is 10.0 Å². The van der Waals surface area contributed by atoms with Gasteiger partial charge in [0.05, 0.1) is 0 Å². The molecular weight excluding hydrogens is 246 g/mol. The number of aliphatic hydroxyl groups is 1. The summed E-state index contributed by atoms with van der Waals surface area (Å²) in [5, 5.41) is 10.5. The normalized spacial score (nSPS) is 15.8. The summed E-state index contributed by atoms with van der Waals surface area (Å²) in [6, 6.07) is 14.5. The zero-order valence-corrected chi connectivity index (χ0v) is 12.1. The Kier molecular flexibility index (Phi) is 3.49. The van der Waals surface area contributed by atoms with Gasteiger partial charge in [-0.2, -0.15) is 0 Å². The Morgan fingerprint density at radius 1 is 1.05 bits per heavy atom. The number of anilines is 1. The van der Waals surface area contributed by atoms with Crippen LogP contribution in [-0.4, -0.2) is 18.7 Å². The molecule has 1 N–H and O–H groups in total. The Balaban J connectivity index is 1.92. The van der Waals surface area contributed by atoms with Crippen molar-refractivity contribution in [2.24, 2.45) is 0 Å². The second-order valence-corrected chi connectivity index (χ2v) is 5.73. The maximum atomic E-state index is 10.5. The number of hydrogen-bond donors (Lipinski definition) is 1. The van der Waals surface area contributed by atoms with E-state index in [0.717, 1.165) is 24.1 Å². The Hall–Kier alpha value is -1.80. The Labute approximate surface area is 120 Å². The number of rotatable bonds is 2. The molecule has 2 aromatic carbocycles. The minimum Gasteiger partial charge on any atom is -0.384 e. The first-order valence-electron chi connectivity index (χ1n) is 7.24. The topological polar surface area (TPSA) is 23.5 Å². The van der Waals surface area contributed by atoms with Crippen LogP contribution < -0.4 is 4.90 Å². The van der Waals surface area contributed by atoms with E-state index in [1.807, 2.05) is 30.3 Å². The van der Waals surface area contributed by atoms with Crippen LogP contribution in [0.3, 0.4) is 0 Å². The minimum atomic E-state index is -0.534. The predicted octanol–water partition coefficient (Wildman–Crippen LogP) is 3.46. The highest BCUT2D eigenvalue weighted by molar-refractivity contribution is 5.57. The summed E-state index contributed by atoms with van der Waals surface area (Å²) < 4.78 is 0. The first-order chi connectivity index (χ1) is 9.65. The lowest BCUT2D eigenvalue weighted by atomic mass is 9.94. The highest BCUT2D eigenvalue weighted by Crippen LogP contribution is 2.30. The highest BCUT2D eigenvalue weighted by Gasteiger charge is 2.17. The Bertz CT molecular complexity index is 603. The van der Waals surface area contributed by atoms with E-state index in [9.17, 15) is 5.11 Å². The van der Waals surface area contributed by atoms with Gasteiger partial charge in [0.1, 0.15) is 6.10 Å². The van der Waals surface area contributed by atoms with Gasteiger partial charge in [0.25, 0.3) is 0 Å². The van der Waals surface area contributed by atoms with E-state index in [1.54, 1.807) is 0 Å². The minimum absolute atomic E-state index is 0.534. The summed E-state index contributed by atoms with van der Waals surface area (Å²) in [7, 11) is 2.13. The van der Waals surface area contributed by atoms with Crippen LogP contribution in [0.25, 0.3) is 0 Å². The molecule has 0 amide bonds. The smallest absolute Gasteiger partial charge is 0.104 e. The zero-order chi connectivity index (χ0) is 14.1. The van der Waals surface area contributed by atoms with Crippen LogP contribution in [0.5, 0.6) is 0 Å². The van der Waals surface area contributed by atoms with Crippen molar-refractivity contribution in [3.05, 3.63) is 64.7 Å². The molecule has 1 aliphatic rings. The molecule has 20 heavy (non-hydrogen) atoms. The third-order valence-corrected chi connectivity index (χ3v) is 4.16. The molecule has 0 fully saturated rings. The molecule has 0 aliphatic carbocycles. The van der Waals surface area contributed by atoms with Crippen molar-refractivity contribution in [2.75, 3.05) is 18.5 Å². The van der Waals surface area contributed by atoms with Crippen molar-refractivity contribution in [2.45, 2.75) is 25.9 Å². The van der Waals surface area contributed by atoms with Crippen LogP contribution in [0.1, 0.15) is 34.8 Å². The van der Waals surface area contributed by atoms with E-state index >= 15 is 0 Å². The maximum Gasteiger partial charge on any atom is 0.104 e. The number of benzene rings is 2. The molecule has 0 aromatic heterocycles. The summed E-state index contributed by atoms with van der Waals surface area (Å²) >= 11 is 0. The van der Waals surface area contributed by atoms with E-state index in [1.165, 1.54) is 23.2 Å². The lowest BCUT2D eigenvalue weighted by Crippen LogP contribution is -2.24. The molecule has 1 atom stereocenters. The van der Waals surface area contributed by atoms with Crippen molar-refractivity contribution in [3.8, 4) is 0 Å². The highest BCUT2D eigenvalue weighted by atomic mass is 16.3. The zero-order valence-electron chi connectivity index (χ0n) is 12.1. The van der Waals surface area contributed by atoms with Gasteiger partial charge in [-0.05, 0) is 42.5 Å². The van der Waals surface area contributed by atoms with Gasteiger partial charge in [-0.1, -0.05) is 42.0 Å². The SMILES string of the molecule is Cc1ccc(C(O)c2ccc3c(c2)CCCN3C)cc1.